The molecular weight excluding hydrogens is 164 g/mol. The van der Waals surface area contributed by atoms with Crippen LogP contribution >= 0.6 is 0 Å². The van der Waals surface area contributed by atoms with Crippen LogP contribution in [-0.2, 0) is 6.61 Å². The molecule has 0 saturated heterocycles. The average Bonchev–Trinajstić information content (AvgIpc) is 2.15. The third-order valence-corrected chi connectivity index (χ3v) is 1.62. The van der Waals surface area contributed by atoms with E-state index in [0.29, 0.717) is 0 Å². The van der Waals surface area contributed by atoms with E-state index in [9.17, 15) is 0 Å². The molecule has 0 unspecified atom stereocenters. The second-order valence-corrected chi connectivity index (χ2v) is 2.69. The van der Waals surface area contributed by atoms with Crippen LogP contribution in [0.25, 0.3) is 6.08 Å². The molecule has 3 nitrogen and oxygen atoms in total. The van der Waals surface area contributed by atoms with Crippen molar-refractivity contribution in [1.29, 1.82) is 5.41 Å². The van der Waals surface area contributed by atoms with Gasteiger partial charge in [0.1, 0.15) is 5.84 Å². The van der Waals surface area contributed by atoms with E-state index >= 15 is 0 Å². The normalized spacial score (nSPS) is 10.5. The molecule has 0 bridgehead atoms. The van der Waals surface area contributed by atoms with Gasteiger partial charge in [0, 0.05) is 0 Å². The average molecular weight is 176 g/mol. The highest BCUT2D eigenvalue weighted by Gasteiger charge is 1.89. The Kier molecular flexibility index (Phi) is 3.23. The number of hydrogen-bond acceptors (Lipinski definition) is 2. The van der Waals surface area contributed by atoms with Gasteiger partial charge < -0.3 is 10.8 Å². The van der Waals surface area contributed by atoms with Crippen molar-refractivity contribution in [3.8, 4) is 0 Å². The molecule has 0 saturated carbocycles. The molecule has 0 aromatic heterocycles. The Balaban J connectivity index is 2.75. The van der Waals surface area contributed by atoms with Crippen molar-refractivity contribution >= 4 is 11.9 Å². The highest BCUT2D eigenvalue weighted by molar-refractivity contribution is 5.92. The Morgan fingerprint density at radius 1 is 1.38 bits per heavy atom. The first-order valence-electron chi connectivity index (χ1n) is 3.94. The summed E-state index contributed by atoms with van der Waals surface area (Å²) < 4.78 is 0. The van der Waals surface area contributed by atoms with Crippen molar-refractivity contribution < 1.29 is 5.11 Å². The zero-order chi connectivity index (χ0) is 9.68. The van der Waals surface area contributed by atoms with Crippen LogP contribution in [-0.4, -0.2) is 10.9 Å². The topological polar surface area (TPSA) is 70.1 Å². The number of hydrogen-bond donors (Lipinski definition) is 3. The predicted molar refractivity (Wildman–Crippen MR) is 53.3 cm³/mol. The van der Waals surface area contributed by atoms with Crippen LogP contribution in [0.3, 0.4) is 0 Å². The lowest BCUT2D eigenvalue weighted by Crippen LogP contribution is -2.03. The van der Waals surface area contributed by atoms with Crippen LogP contribution in [0.1, 0.15) is 11.1 Å². The summed E-state index contributed by atoms with van der Waals surface area (Å²) in [5, 5.41) is 15.7. The van der Waals surface area contributed by atoms with Gasteiger partial charge in [-0.05, 0) is 17.2 Å². The third kappa shape index (κ3) is 3.09. The van der Waals surface area contributed by atoms with Gasteiger partial charge in [-0.15, -0.1) is 0 Å². The summed E-state index contributed by atoms with van der Waals surface area (Å²) >= 11 is 0. The van der Waals surface area contributed by atoms with E-state index in [1.807, 2.05) is 24.3 Å². The molecule has 0 fully saturated rings. The van der Waals surface area contributed by atoms with Gasteiger partial charge in [0.2, 0.25) is 0 Å². The maximum Gasteiger partial charge on any atom is 0.115 e. The first-order valence-corrected chi connectivity index (χ1v) is 3.94. The number of aliphatic hydroxyl groups excluding tert-OH is 1. The highest BCUT2D eigenvalue weighted by Crippen LogP contribution is 2.05. The summed E-state index contributed by atoms with van der Waals surface area (Å²) in [5.41, 5.74) is 6.99. The number of amidine groups is 1. The Morgan fingerprint density at radius 3 is 2.46 bits per heavy atom. The summed E-state index contributed by atoms with van der Waals surface area (Å²) in [4.78, 5) is 0. The summed E-state index contributed by atoms with van der Waals surface area (Å²) in [7, 11) is 0. The number of nitrogens with one attached hydrogen (secondary N) is 1. The molecule has 0 aliphatic heterocycles. The molecule has 0 atom stereocenters. The van der Waals surface area contributed by atoms with Crippen molar-refractivity contribution in [2.45, 2.75) is 6.61 Å². The minimum atomic E-state index is 0.0336. The second kappa shape index (κ2) is 4.42. The molecule has 68 valence electrons. The third-order valence-electron chi connectivity index (χ3n) is 1.62. The van der Waals surface area contributed by atoms with E-state index in [2.05, 4.69) is 0 Å². The standard InChI is InChI=1S/C10H12N2O/c11-10(12)6-5-8-1-3-9(7-13)4-2-8/h1-6,13H,7H2,(H3,11,12)/b6-5+. The smallest absolute Gasteiger partial charge is 0.115 e. The van der Waals surface area contributed by atoms with Crippen LogP contribution in [0.15, 0.2) is 30.3 Å². The lowest BCUT2D eigenvalue weighted by Gasteiger charge is -1.96. The van der Waals surface area contributed by atoms with Gasteiger partial charge in [-0.3, -0.25) is 5.41 Å². The minimum absolute atomic E-state index is 0.0336. The Labute approximate surface area is 77.0 Å². The number of benzene rings is 1. The number of nitrogens with two attached hydrogens (primary N) is 1. The van der Waals surface area contributed by atoms with E-state index < -0.39 is 0 Å². The van der Waals surface area contributed by atoms with Gasteiger partial charge in [0.25, 0.3) is 0 Å². The van der Waals surface area contributed by atoms with Crippen LogP contribution in [0, 0.1) is 5.41 Å². The molecule has 1 rings (SSSR count). The second-order valence-electron chi connectivity index (χ2n) is 2.69. The predicted octanol–water partition coefficient (Wildman–Crippen LogP) is 1.13. The Morgan fingerprint density at radius 2 is 2.00 bits per heavy atom. The number of aliphatic hydroxyl groups is 1. The van der Waals surface area contributed by atoms with Crippen LogP contribution in [0.4, 0.5) is 0 Å². The van der Waals surface area contributed by atoms with Gasteiger partial charge in [-0.2, -0.15) is 0 Å². The summed E-state index contributed by atoms with van der Waals surface area (Å²) in [6, 6.07) is 7.40. The maximum absolute atomic E-state index is 8.77. The van der Waals surface area contributed by atoms with E-state index in [-0.39, 0.29) is 12.4 Å². The van der Waals surface area contributed by atoms with E-state index in [4.69, 9.17) is 16.2 Å². The monoisotopic (exact) mass is 176 g/mol. The molecule has 0 spiro atoms. The fourth-order valence-corrected chi connectivity index (χ4v) is 0.920. The molecule has 3 heteroatoms. The van der Waals surface area contributed by atoms with Gasteiger partial charge in [-0.25, -0.2) is 0 Å². The molecule has 1 aromatic carbocycles. The largest absolute Gasteiger partial charge is 0.392 e. The van der Waals surface area contributed by atoms with Crippen molar-refractivity contribution in [2.75, 3.05) is 0 Å². The number of rotatable bonds is 3. The lowest BCUT2D eigenvalue weighted by atomic mass is 10.1. The van der Waals surface area contributed by atoms with E-state index in [0.717, 1.165) is 11.1 Å². The highest BCUT2D eigenvalue weighted by atomic mass is 16.3. The molecule has 0 heterocycles. The zero-order valence-electron chi connectivity index (χ0n) is 7.20. The van der Waals surface area contributed by atoms with Gasteiger partial charge >= 0.3 is 0 Å². The van der Waals surface area contributed by atoms with Crippen molar-refractivity contribution in [1.82, 2.24) is 0 Å². The molecule has 13 heavy (non-hydrogen) atoms. The van der Waals surface area contributed by atoms with Gasteiger partial charge in [0.05, 0.1) is 6.61 Å². The van der Waals surface area contributed by atoms with E-state index in [1.54, 1.807) is 6.08 Å². The summed E-state index contributed by atoms with van der Waals surface area (Å²) in [5.74, 6) is 0.0336. The van der Waals surface area contributed by atoms with Crippen molar-refractivity contribution in [3.05, 3.63) is 41.5 Å². The maximum atomic E-state index is 8.77. The molecule has 0 amide bonds. The Bertz CT molecular complexity index is 314. The first kappa shape index (κ1) is 9.48. The van der Waals surface area contributed by atoms with Crippen LogP contribution < -0.4 is 5.73 Å². The fourth-order valence-electron chi connectivity index (χ4n) is 0.920. The SMILES string of the molecule is N=C(N)/C=C/c1ccc(CO)cc1. The molecule has 0 aliphatic rings. The minimum Gasteiger partial charge on any atom is -0.392 e. The zero-order valence-corrected chi connectivity index (χ0v) is 7.20. The molecule has 0 radical (unpaired) electrons. The molecule has 1 aromatic rings. The van der Waals surface area contributed by atoms with E-state index in [1.165, 1.54) is 6.08 Å². The molecule has 4 N–H and O–H groups in total. The van der Waals surface area contributed by atoms with Crippen molar-refractivity contribution in [2.24, 2.45) is 5.73 Å². The van der Waals surface area contributed by atoms with Crippen LogP contribution in [0.2, 0.25) is 0 Å². The first-order chi connectivity index (χ1) is 6.22. The fraction of sp³-hybridized carbons (Fsp3) is 0.100. The van der Waals surface area contributed by atoms with Crippen molar-refractivity contribution in [3.63, 3.8) is 0 Å². The molecule has 0 aliphatic carbocycles. The van der Waals surface area contributed by atoms with Gasteiger partial charge in [0.15, 0.2) is 0 Å². The summed E-state index contributed by atoms with van der Waals surface area (Å²) in [6.45, 7) is 0.0523. The van der Waals surface area contributed by atoms with Crippen LogP contribution in [0.5, 0.6) is 0 Å². The lowest BCUT2D eigenvalue weighted by molar-refractivity contribution is 0.282. The summed E-state index contributed by atoms with van der Waals surface area (Å²) in [6.07, 6.45) is 3.28. The quantitative estimate of drug-likeness (QED) is 0.477. The molecular formula is C10H12N2O. The Hall–Kier alpha value is -1.61. The van der Waals surface area contributed by atoms with Gasteiger partial charge in [-0.1, -0.05) is 30.3 Å².